The molecule has 0 aliphatic rings. The normalized spacial score (nSPS) is 11.5. The van der Waals surface area contributed by atoms with Crippen molar-refractivity contribution in [3.63, 3.8) is 0 Å². The van der Waals surface area contributed by atoms with Crippen LogP contribution in [0.3, 0.4) is 0 Å². The van der Waals surface area contributed by atoms with Gasteiger partial charge in [-0.05, 0) is 49.7 Å². The van der Waals surface area contributed by atoms with Gasteiger partial charge in [-0.2, -0.15) is 0 Å². The van der Waals surface area contributed by atoms with E-state index in [1.54, 1.807) is 18.3 Å². The lowest BCUT2D eigenvalue weighted by atomic mass is 10.1. The van der Waals surface area contributed by atoms with Gasteiger partial charge in [-0.25, -0.2) is 9.98 Å². The van der Waals surface area contributed by atoms with Gasteiger partial charge in [-0.1, -0.05) is 36.4 Å². The second-order valence-electron chi connectivity index (χ2n) is 6.69. The van der Waals surface area contributed by atoms with Gasteiger partial charge in [0.2, 0.25) is 5.55 Å². The van der Waals surface area contributed by atoms with Gasteiger partial charge in [0.1, 0.15) is 28.4 Å². The maximum atomic E-state index is 13.1. The van der Waals surface area contributed by atoms with Crippen molar-refractivity contribution in [2.24, 2.45) is 4.99 Å². The molecule has 30 heavy (non-hydrogen) atoms. The molecule has 4 rings (SSSR count). The zero-order valence-corrected chi connectivity index (χ0v) is 16.8. The van der Waals surface area contributed by atoms with Crippen molar-refractivity contribution >= 4 is 28.4 Å². The van der Waals surface area contributed by atoms with Crippen LogP contribution in [0, 0.1) is 6.92 Å². The van der Waals surface area contributed by atoms with Gasteiger partial charge in [-0.3, -0.25) is 4.79 Å². The van der Waals surface area contributed by atoms with Crippen LogP contribution in [0.5, 0.6) is 5.75 Å². The van der Waals surface area contributed by atoms with E-state index in [1.807, 2.05) is 68.4 Å². The van der Waals surface area contributed by atoms with E-state index in [-0.39, 0.29) is 11.5 Å². The van der Waals surface area contributed by atoms with Crippen LogP contribution in [0.2, 0.25) is 0 Å². The first-order valence-corrected chi connectivity index (χ1v) is 9.67. The molecule has 2 aromatic heterocycles. The molecule has 6 heteroatoms. The number of benzene rings is 2. The molecule has 0 unspecified atom stereocenters. The van der Waals surface area contributed by atoms with Crippen LogP contribution in [0.4, 0.5) is 11.5 Å². The average molecular weight is 399 g/mol. The molecule has 0 radical (unpaired) electrons. The fourth-order valence-corrected chi connectivity index (χ4v) is 2.98. The van der Waals surface area contributed by atoms with E-state index in [2.05, 4.69) is 15.3 Å². The molecule has 1 N–H and O–H groups in total. The molecule has 0 atom stereocenters. The molecule has 4 aromatic rings. The van der Waals surface area contributed by atoms with Gasteiger partial charge in [0.05, 0.1) is 6.61 Å². The molecule has 0 fully saturated rings. The number of pyridine rings is 1. The number of aryl methyl sites for hydroxylation is 1. The second kappa shape index (κ2) is 8.61. The van der Waals surface area contributed by atoms with Gasteiger partial charge in [0, 0.05) is 11.6 Å². The van der Waals surface area contributed by atoms with Crippen LogP contribution >= 0.6 is 0 Å². The Kier molecular flexibility index (Phi) is 5.57. The molecule has 0 aliphatic heterocycles. The number of hydrogen-bond acceptors (Lipinski definition) is 5. The summed E-state index contributed by atoms with van der Waals surface area (Å²) in [4.78, 5) is 21.9. The van der Waals surface area contributed by atoms with E-state index in [1.165, 1.54) is 0 Å². The topological polar surface area (TPSA) is 76.7 Å². The number of carbonyl (C=O) groups is 1. The molecule has 1 amide bonds. The Bertz CT molecular complexity index is 1260. The number of nitrogens with one attached hydrogen (secondary N) is 1. The van der Waals surface area contributed by atoms with Crippen LogP contribution in [-0.2, 0) is 0 Å². The van der Waals surface area contributed by atoms with Crippen molar-refractivity contribution in [3.8, 4) is 5.75 Å². The molecule has 150 valence electrons. The van der Waals surface area contributed by atoms with Crippen molar-refractivity contribution in [1.82, 2.24) is 4.98 Å². The van der Waals surface area contributed by atoms with E-state index >= 15 is 0 Å². The van der Waals surface area contributed by atoms with Crippen molar-refractivity contribution in [2.75, 3.05) is 11.9 Å². The van der Waals surface area contributed by atoms with Gasteiger partial charge in [-0.15, -0.1) is 0 Å². The number of rotatable bonds is 5. The molecule has 0 saturated carbocycles. The summed E-state index contributed by atoms with van der Waals surface area (Å²) in [6.07, 6.45) is 1.70. The van der Waals surface area contributed by atoms with Crippen LogP contribution < -0.4 is 15.6 Å². The summed E-state index contributed by atoms with van der Waals surface area (Å²) in [6.45, 7) is 4.35. The Balaban J connectivity index is 1.84. The lowest BCUT2D eigenvalue weighted by Crippen LogP contribution is -2.22. The van der Waals surface area contributed by atoms with Crippen molar-refractivity contribution in [3.05, 3.63) is 89.6 Å². The molecule has 0 aliphatic carbocycles. The third kappa shape index (κ3) is 4.22. The molecule has 2 heterocycles. The van der Waals surface area contributed by atoms with Crippen molar-refractivity contribution in [2.45, 2.75) is 13.8 Å². The molecular formula is C24H21N3O3. The van der Waals surface area contributed by atoms with Gasteiger partial charge < -0.3 is 14.5 Å². The molecule has 0 spiro atoms. The molecule has 6 nitrogen and oxygen atoms in total. The molecule has 0 bridgehead atoms. The number of ether oxygens (including phenoxy) is 1. The third-order valence-corrected chi connectivity index (χ3v) is 4.44. The zero-order chi connectivity index (χ0) is 20.9. The van der Waals surface area contributed by atoms with Crippen LogP contribution in [0.15, 0.2) is 82.3 Å². The number of anilines is 1. The Morgan fingerprint density at radius 1 is 1.10 bits per heavy atom. The Hall–Kier alpha value is -3.93. The SMILES string of the molecule is CCOc1ccccc1N=c1oc2ccccc2cc1C(=O)Nc1ccc(C)cn1. The first-order valence-electron chi connectivity index (χ1n) is 9.67. The fourth-order valence-electron chi connectivity index (χ4n) is 2.98. The van der Waals surface area contributed by atoms with E-state index < -0.39 is 0 Å². The number of para-hydroxylation sites is 3. The second-order valence-corrected chi connectivity index (χ2v) is 6.69. The van der Waals surface area contributed by atoms with E-state index in [0.29, 0.717) is 35.0 Å². The van der Waals surface area contributed by atoms with Crippen LogP contribution in [-0.4, -0.2) is 17.5 Å². The first kappa shape index (κ1) is 19.4. The Morgan fingerprint density at radius 2 is 1.90 bits per heavy atom. The monoisotopic (exact) mass is 399 g/mol. The maximum absolute atomic E-state index is 13.1. The minimum Gasteiger partial charge on any atom is -0.492 e. The Morgan fingerprint density at radius 3 is 2.70 bits per heavy atom. The van der Waals surface area contributed by atoms with Gasteiger partial charge in [0.15, 0.2) is 0 Å². The number of aromatic nitrogens is 1. The summed E-state index contributed by atoms with van der Waals surface area (Å²) < 4.78 is 11.7. The summed E-state index contributed by atoms with van der Waals surface area (Å²) in [7, 11) is 0. The molecule has 0 saturated heterocycles. The largest absolute Gasteiger partial charge is 0.492 e. The maximum Gasteiger partial charge on any atom is 0.262 e. The van der Waals surface area contributed by atoms with E-state index in [9.17, 15) is 4.79 Å². The van der Waals surface area contributed by atoms with Gasteiger partial charge >= 0.3 is 0 Å². The van der Waals surface area contributed by atoms with E-state index in [4.69, 9.17) is 9.15 Å². The van der Waals surface area contributed by atoms with Gasteiger partial charge in [0.25, 0.3) is 5.91 Å². The minimum absolute atomic E-state index is 0.200. The summed E-state index contributed by atoms with van der Waals surface area (Å²) in [6, 6.07) is 20.3. The van der Waals surface area contributed by atoms with E-state index in [0.717, 1.165) is 10.9 Å². The standard InChI is InChI=1S/C24H21N3O3/c1-3-29-21-11-7-5-9-19(21)26-24-18(14-17-8-4-6-10-20(17)30-24)23(28)27-22-13-12-16(2)15-25-22/h4-15H,3H2,1-2H3,(H,25,27,28). The highest BCUT2D eigenvalue weighted by molar-refractivity contribution is 6.04. The van der Waals surface area contributed by atoms with Crippen molar-refractivity contribution < 1.29 is 13.9 Å². The zero-order valence-electron chi connectivity index (χ0n) is 16.8. The third-order valence-electron chi connectivity index (χ3n) is 4.44. The molecular weight excluding hydrogens is 378 g/mol. The predicted octanol–water partition coefficient (Wildman–Crippen LogP) is 5.02. The number of amides is 1. The number of nitrogens with zero attached hydrogens (tertiary/aromatic N) is 2. The predicted molar refractivity (Wildman–Crippen MR) is 116 cm³/mol. The summed E-state index contributed by atoms with van der Waals surface area (Å²) in [5.74, 6) is 0.725. The van der Waals surface area contributed by atoms with Crippen LogP contribution in [0.1, 0.15) is 22.8 Å². The highest BCUT2D eigenvalue weighted by atomic mass is 16.5. The number of carbonyl (C=O) groups excluding carboxylic acids is 1. The number of fused-ring (bicyclic) bond motifs is 1. The lowest BCUT2D eigenvalue weighted by molar-refractivity contribution is 0.102. The quantitative estimate of drug-likeness (QED) is 0.511. The summed E-state index contributed by atoms with van der Waals surface area (Å²) in [5.41, 5.74) is 2.74. The van der Waals surface area contributed by atoms with Crippen molar-refractivity contribution in [1.29, 1.82) is 0 Å². The lowest BCUT2D eigenvalue weighted by Gasteiger charge is -2.08. The summed E-state index contributed by atoms with van der Waals surface area (Å²) >= 11 is 0. The highest BCUT2D eigenvalue weighted by Gasteiger charge is 2.14. The fraction of sp³-hybridized carbons (Fsp3) is 0.125. The smallest absolute Gasteiger partial charge is 0.262 e. The first-order chi connectivity index (χ1) is 14.6. The van der Waals surface area contributed by atoms with Crippen LogP contribution in [0.25, 0.3) is 11.0 Å². The Labute approximate surface area is 173 Å². The summed E-state index contributed by atoms with van der Waals surface area (Å²) in [5, 5.41) is 3.62. The average Bonchev–Trinajstić information content (AvgIpc) is 2.76. The minimum atomic E-state index is -0.353. The number of hydrogen-bond donors (Lipinski definition) is 1. The highest BCUT2D eigenvalue weighted by Crippen LogP contribution is 2.26. The molecule has 2 aromatic carbocycles.